The Morgan fingerprint density at radius 1 is 1.33 bits per heavy atom. The van der Waals surface area contributed by atoms with E-state index in [1.807, 2.05) is 18.2 Å². The third kappa shape index (κ3) is 2.28. The standard InChI is InChI=1S/C11H15NO3/c13-7-8-3-1-2-4-10(8)15-11-6-12-5-9(11)14/h1-4,9,11-14H,5-7H2. The molecule has 82 valence electrons. The monoisotopic (exact) mass is 209 g/mol. The number of aliphatic hydroxyl groups excluding tert-OH is 2. The maximum absolute atomic E-state index is 9.56. The van der Waals surface area contributed by atoms with Crippen molar-refractivity contribution >= 4 is 0 Å². The Hall–Kier alpha value is -1.10. The molecule has 0 amide bonds. The second kappa shape index (κ2) is 4.61. The van der Waals surface area contributed by atoms with E-state index in [2.05, 4.69) is 5.32 Å². The number of aliphatic hydroxyl groups is 2. The Morgan fingerprint density at radius 3 is 2.80 bits per heavy atom. The average Bonchev–Trinajstić information content (AvgIpc) is 2.65. The topological polar surface area (TPSA) is 61.7 Å². The quantitative estimate of drug-likeness (QED) is 0.650. The molecule has 1 aromatic rings. The van der Waals surface area contributed by atoms with Crippen molar-refractivity contribution in [2.75, 3.05) is 13.1 Å². The lowest BCUT2D eigenvalue weighted by molar-refractivity contribution is 0.0721. The SMILES string of the molecule is OCc1ccccc1OC1CNCC1O. The van der Waals surface area contributed by atoms with Crippen molar-refractivity contribution in [1.82, 2.24) is 5.32 Å². The fraction of sp³-hybridized carbons (Fsp3) is 0.455. The number of hydrogen-bond acceptors (Lipinski definition) is 4. The van der Waals surface area contributed by atoms with Gasteiger partial charge in [-0.05, 0) is 6.07 Å². The van der Waals surface area contributed by atoms with Crippen molar-refractivity contribution in [3.63, 3.8) is 0 Å². The minimum atomic E-state index is -0.475. The number of β-amino-alcohol motifs (C(OH)–C–C–N with tert-alkyl or cyclic N) is 1. The van der Waals surface area contributed by atoms with Crippen LogP contribution in [0.4, 0.5) is 0 Å². The largest absolute Gasteiger partial charge is 0.486 e. The van der Waals surface area contributed by atoms with Crippen LogP contribution in [0.2, 0.25) is 0 Å². The zero-order valence-corrected chi connectivity index (χ0v) is 8.39. The molecule has 0 radical (unpaired) electrons. The number of para-hydroxylation sites is 1. The highest BCUT2D eigenvalue weighted by Gasteiger charge is 2.26. The minimum Gasteiger partial charge on any atom is -0.486 e. The third-order valence-corrected chi connectivity index (χ3v) is 2.55. The van der Waals surface area contributed by atoms with Crippen molar-refractivity contribution in [2.45, 2.75) is 18.8 Å². The molecule has 4 nitrogen and oxygen atoms in total. The highest BCUT2D eigenvalue weighted by Crippen LogP contribution is 2.20. The van der Waals surface area contributed by atoms with Gasteiger partial charge in [0.25, 0.3) is 0 Å². The molecule has 0 spiro atoms. The lowest BCUT2D eigenvalue weighted by Crippen LogP contribution is -2.30. The second-order valence-corrected chi connectivity index (χ2v) is 3.65. The molecular weight excluding hydrogens is 194 g/mol. The van der Waals surface area contributed by atoms with Crippen LogP contribution in [0, 0.1) is 0 Å². The molecule has 2 atom stereocenters. The Kier molecular flexibility index (Phi) is 3.20. The van der Waals surface area contributed by atoms with Crippen LogP contribution in [0.3, 0.4) is 0 Å². The minimum absolute atomic E-state index is 0.0492. The summed E-state index contributed by atoms with van der Waals surface area (Å²) in [7, 11) is 0. The molecule has 0 saturated carbocycles. The highest BCUT2D eigenvalue weighted by atomic mass is 16.5. The van der Waals surface area contributed by atoms with E-state index in [9.17, 15) is 5.11 Å². The molecule has 0 aliphatic carbocycles. The summed E-state index contributed by atoms with van der Waals surface area (Å²) in [6.45, 7) is 1.15. The van der Waals surface area contributed by atoms with Crippen LogP contribution in [0.1, 0.15) is 5.56 Å². The first-order valence-corrected chi connectivity index (χ1v) is 5.05. The van der Waals surface area contributed by atoms with Crippen LogP contribution >= 0.6 is 0 Å². The summed E-state index contributed by atoms with van der Waals surface area (Å²) in [6.07, 6.45) is -0.700. The van der Waals surface area contributed by atoms with E-state index >= 15 is 0 Å². The van der Waals surface area contributed by atoms with Crippen LogP contribution in [-0.4, -0.2) is 35.5 Å². The first kappa shape index (κ1) is 10.4. The molecule has 0 bridgehead atoms. The normalized spacial score (nSPS) is 25.5. The van der Waals surface area contributed by atoms with Gasteiger partial charge in [0.2, 0.25) is 0 Å². The number of nitrogens with one attached hydrogen (secondary N) is 1. The van der Waals surface area contributed by atoms with Crippen LogP contribution < -0.4 is 10.1 Å². The van der Waals surface area contributed by atoms with Gasteiger partial charge in [-0.15, -0.1) is 0 Å². The molecule has 1 fully saturated rings. The van der Waals surface area contributed by atoms with Gasteiger partial charge >= 0.3 is 0 Å². The Bertz CT molecular complexity index is 329. The van der Waals surface area contributed by atoms with Gasteiger partial charge in [0.05, 0.1) is 6.61 Å². The number of hydrogen-bond donors (Lipinski definition) is 3. The van der Waals surface area contributed by atoms with Gasteiger partial charge in [-0.25, -0.2) is 0 Å². The molecular formula is C11H15NO3. The molecule has 0 aromatic heterocycles. The maximum atomic E-state index is 9.56. The second-order valence-electron chi connectivity index (χ2n) is 3.65. The zero-order valence-electron chi connectivity index (χ0n) is 8.39. The lowest BCUT2D eigenvalue weighted by Gasteiger charge is -2.17. The molecule has 2 rings (SSSR count). The molecule has 1 saturated heterocycles. The van der Waals surface area contributed by atoms with Crippen molar-refractivity contribution in [2.24, 2.45) is 0 Å². The first-order valence-electron chi connectivity index (χ1n) is 5.05. The predicted octanol–water partition coefficient (Wildman–Crippen LogP) is -0.110. The molecule has 1 aliphatic rings. The lowest BCUT2D eigenvalue weighted by atomic mass is 10.2. The average molecular weight is 209 g/mol. The van der Waals surface area contributed by atoms with Crippen LogP contribution in [-0.2, 0) is 6.61 Å². The van der Waals surface area contributed by atoms with Crippen LogP contribution in [0.25, 0.3) is 0 Å². The van der Waals surface area contributed by atoms with E-state index in [0.29, 0.717) is 18.8 Å². The van der Waals surface area contributed by atoms with E-state index in [4.69, 9.17) is 9.84 Å². The van der Waals surface area contributed by atoms with Gasteiger partial charge in [-0.2, -0.15) is 0 Å². The summed E-state index contributed by atoms with van der Waals surface area (Å²) in [5, 5.41) is 21.7. The molecule has 4 heteroatoms. The Balaban J connectivity index is 2.09. The highest BCUT2D eigenvalue weighted by molar-refractivity contribution is 5.33. The smallest absolute Gasteiger partial charge is 0.138 e. The summed E-state index contributed by atoms with van der Waals surface area (Å²) in [6, 6.07) is 7.31. The number of benzene rings is 1. The zero-order chi connectivity index (χ0) is 10.7. The third-order valence-electron chi connectivity index (χ3n) is 2.55. The van der Waals surface area contributed by atoms with E-state index in [1.54, 1.807) is 6.07 Å². The van der Waals surface area contributed by atoms with E-state index in [1.165, 1.54) is 0 Å². The van der Waals surface area contributed by atoms with Gasteiger partial charge in [0, 0.05) is 18.7 Å². The van der Waals surface area contributed by atoms with E-state index in [0.717, 1.165) is 5.56 Å². The van der Waals surface area contributed by atoms with Crippen molar-refractivity contribution in [1.29, 1.82) is 0 Å². The summed E-state index contributed by atoms with van der Waals surface area (Å²) in [5.41, 5.74) is 0.747. The van der Waals surface area contributed by atoms with Crippen LogP contribution in [0.15, 0.2) is 24.3 Å². The Morgan fingerprint density at radius 2 is 2.13 bits per heavy atom. The molecule has 1 aliphatic heterocycles. The van der Waals surface area contributed by atoms with Crippen molar-refractivity contribution < 1.29 is 14.9 Å². The predicted molar refractivity (Wildman–Crippen MR) is 55.7 cm³/mol. The summed E-state index contributed by atoms with van der Waals surface area (Å²) >= 11 is 0. The van der Waals surface area contributed by atoms with Gasteiger partial charge in [-0.3, -0.25) is 0 Å². The number of ether oxygens (including phenoxy) is 1. The first-order chi connectivity index (χ1) is 7.31. The number of rotatable bonds is 3. The fourth-order valence-electron chi connectivity index (χ4n) is 1.67. The van der Waals surface area contributed by atoms with Gasteiger partial charge in [0.15, 0.2) is 0 Å². The maximum Gasteiger partial charge on any atom is 0.138 e. The van der Waals surface area contributed by atoms with E-state index < -0.39 is 6.10 Å². The van der Waals surface area contributed by atoms with Gasteiger partial charge in [0.1, 0.15) is 18.0 Å². The summed E-state index contributed by atoms with van der Waals surface area (Å²) < 4.78 is 5.64. The van der Waals surface area contributed by atoms with Gasteiger partial charge < -0.3 is 20.3 Å². The summed E-state index contributed by atoms with van der Waals surface area (Å²) in [4.78, 5) is 0. The van der Waals surface area contributed by atoms with Crippen molar-refractivity contribution in [3.8, 4) is 5.75 Å². The van der Waals surface area contributed by atoms with Crippen molar-refractivity contribution in [3.05, 3.63) is 29.8 Å². The molecule has 1 heterocycles. The van der Waals surface area contributed by atoms with E-state index in [-0.39, 0.29) is 12.7 Å². The van der Waals surface area contributed by atoms with Gasteiger partial charge in [-0.1, -0.05) is 18.2 Å². The molecule has 3 N–H and O–H groups in total. The Labute approximate surface area is 88.5 Å². The van der Waals surface area contributed by atoms with Crippen LogP contribution in [0.5, 0.6) is 5.75 Å². The fourth-order valence-corrected chi connectivity index (χ4v) is 1.67. The molecule has 1 aromatic carbocycles. The summed E-state index contributed by atoms with van der Waals surface area (Å²) in [5.74, 6) is 0.646. The molecule has 2 unspecified atom stereocenters. The molecule has 15 heavy (non-hydrogen) atoms.